The lowest BCUT2D eigenvalue weighted by molar-refractivity contribution is -0.170. The molecular formula is C36H61N3O13. The third-order valence-corrected chi connectivity index (χ3v) is 8.55. The van der Waals surface area contributed by atoms with Crippen molar-refractivity contribution in [3.63, 3.8) is 0 Å². The minimum absolute atomic E-state index is 0.0268. The maximum atomic E-state index is 12.8. The zero-order valence-corrected chi connectivity index (χ0v) is 31.8. The van der Waals surface area contributed by atoms with Gasteiger partial charge in [-0.3, -0.25) is 19.2 Å². The number of carboxylic acids is 3. The largest absolute Gasteiger partial charge is 0.493 e. The molecule has 0 spiro atoms. The highest BCUT2D eigenvalue weighted by Gasteiger charge is 2.40. The van der Waals surface area contributed by atoms with Gasteiger partial charge in [0.15, 0.2) is 17.1 Å². The number of benzene rings is 1. The molecule has 0 unspecified atom stereocenters. The van der Waals surface area contributed by atoms with Crippen molar-refractivity contribution >= 4 is 29.7 Å². The van der Waals surface area contributed by atoms with Crippen LogP contribution in [0.15, 0.2) is 18.2 Å². The monoisotopic (exact) mass is 743 g/mol. The van der Waals surface area contributed by atoms with Crippen LogP contribution in [-0.2, 0) is 35.1 Å². The van der Waals surface area contributed by atoms with Crippen LogP contribution in [0.4, 0.5) is 0 Å². The molecule has 0 fully saturated rings. The fourth-order valence-electron chi connectivity index (χ4n) is 5.23. The van der Waals surface area contributed by atoms with Crippen LogP contribution < -0.4 is 20.5 Å². The first-order valence-electron chi connectivity index (χ1n) is 17.3. The van der Waals surface area contributed by atoms with Gasteiger partial charge in [-0.15, -0.1) is 0 Å². The van der Waals surface area contributed by atoms with E-state index in [1.165, 1.54) is 4.90 Å². The number of aliphatic hydroxyl groups excluding tert-OH is 1. The molecule has 0 aliphatic carbocycles. The summed E-state index contributed by atoms with van der Waals surface area (Å²) in [6.07, 6.45) is -0.392. The fourth-order valence-corrected chi connectivity index (χ4v) is 5.23. The summed E-state index contributed by atoms with van der Waals surface area (Å²) in [5.74, 6) is -3.61. The Bertz CT molecular complexity index is 1260. The standard InChI is InChI=1S/C30H53N3O6.C6H8O7/c1-20(2)23(16-22-10-11-27(38-8)28(17-22)39-15-9-14-37-7)18-25(31)26(34)19-24(21(3)4)30(36)32-13-12-29(35)33(5)6;7-3(8)1-6(13,5(11)12)2-4(9)10/h10-11,17,20-21,23-26,34H,9,12-16,18-19,31H2,1-8H3,(H,32,36);13H,1-2H2,(H,7,8)(H,9,10)(H,11,12)/t23-,24-,25-,26-;/m0./s1. The number of amides is 2. The van der Waals surface area contributed by atoms with Gasteiger partial charge in [-0.1, -0.05) is 33.8 Å². The maximum Gasteiger partial charge on any atom is 0.336 e. The van der Waals surface area contributed by atoms with Crippen molar-refractivity contribution in [3.8, 4) is 11.5 Å². The molecule has 16 heteroatoms. The van der Waals surface area contributed by atoms with Crippen molar-refractivity contribution in [1.82, 2.24) is 10.2 Å². The lowest BCUT2D eigenvalue weighted by atomic mass is 9.81. The Kier molecular flexibility index (Phi) is 22.4. The third kappa shape index (κ3) is 18.5. The number of nitrogens with zero attached hydrogens (tertiary/aromatic N) is 1. The van der Waals surface area contributed by atoms with E-state index in [-0.39, 0.29) is 43.0 Å². The van der Waals surface area contributed by atoms with E-state index in [4.69, 9.17) is 40.4 Å². The molecule has 1 aromatic carbocycles. The zero-order chi connectivity index (χ0) is 40.2. The number of carbonyl (C=O) groups excluding carboxylic acids is 2. The van der Waals surface area contributed by atoms with Crippen LogP contribution in [-0.4, -0.2) is 126 Å². The van der Waals surface area contributed by atoms with Crippen LogP contribution in [0.1, 0.15) is 71.8 Å². The molecular weight excluding hydrogens is 682 g/mol. The predicted molar refractivity (Wildman–Crippen MR) is 192 cm³/mol. The van der Waals surface area contributed by atoms with E-state index in [2.05, 4.69) is 19.2 Å². The first kappa shape index (κ1) is 48.0. The van der Waals surface area contributed by atoms with Gasteiger partial charge in [-0.25, -0.2) is 4.79 Å². The average Bonchev–Trinajstić information content (AvgIpc) is 3.04. The molecule has 1 rings (SSSR count). The Hall–Kier alpha value is -3.99. The van der Waals surface area contributed by atoms with Gasteiger partial charge in [0, 0.05) is 59.2 Å². The van der Waals surface area contributed by atoms with Crippen molar-refractivity contribution < 1.29 is 63.7 Å². The van der Waals surface area contributed by atoms with Gasteiger partial charge in [-0.2, -0.15) is 0 Å². The molecule has 0 aliphatic heterocycles. The van der Waals surface area contributed by atoms with Crippen LogP contribution in [0.25, 0.3) is 0 Å². The van der Waals surface area contributed by atoms with Gasteiger partial charge in [0.2, 0.25) is 11.8 Å². The zero-order valence-electron chi connectivity index (χ0n) is 31.8. The Morgan fingerprint density at radius 3 is 1.96 bits per heavy atom. The summed E-state index contributed by atoms with van der Waals surface area (Å²) in [7, 11) is 6.68. The molecule has 52 heavy (non-hydrogen) atoms. The van der Waals surface area contributed by atoms with E-state index < -0.39 is 54.4 Å². The van der Waals surface area contributed by atoms with Gasteiger partial charge >= 0.3 is 17.9 Å². The summed E-state index contributed by atoms with van der Waals surface area (Å²) in [6.45, 7) is 9.69. The number of methoxy groups -OCH3 is 2. The number of aliphatic carboxylic acids is 3. The van der Waals surface area contributed by atoms with Gasteiger partial charge in [0.1, 0.15) is 0 Å². The van der Waals surface area contributed by atoms with Crippen molar-refractivity contribution in [2.75, 3.05) is 48.1 Å². The Morgan fingerprint density at radius 1 is 0.904 bits per heavy atom. The van der Waals surface area contributed by atoms with Crippen LogP contribution in [0.5, 0.6) is 11.5 Å². The molecule has 0 saturated heterocycles. The number of hydrogen-bond donors (Lipinski definition) is 7. The summed E-state index contributed by atoms with van der Waals surface area (Å²) in [5, 5.41) is 47.7. The van der Waals surface area contributed by atoms with E-state index in [1.54, 1.807) is 28.3 Å². The lowest BCUT2D eigenvalue weighted by Gasteiger charge is -2.30. The second-order valence-electron chi connectivity index (χ2n) is 13.7. The Labute approximate surface area is 306 Å². The summed E-state index contributed by atoms with van der Waals surface area (Å²) in [5.41, 5.74) is 4.89. The second-order valence-corrected chi connectivity index (χ2v) is 13.7. The molecule has 0 bridgehead atoms. The fraction of sp³-hybridized carbons (Fsp3) is 0.694. The maximum absolute atomic E-state index is 12.8. The number of ether oxygens (including phenoxy) is 3. The van der Waals surface area contributed by atoms with E-state index in [1.807, 2.05) is 32.0 Å². The van der Waals surface area contributed by atoms with Crippen molar-refractivity contribution in [2.45, 2.75) is 90.4 Å². The summed E-state index contributed by atoms with van der Waals surface area (Å²) in [4.78, 5) is 56.6. The van der Waals surface area contributed by atoms with Gasteiger partial charge in [0.05, 0.1) is 32.7 Å². The molecule has 0 aromatic heterocycles. The summed E-state index contributed by atoms with van der Waals surface area (Å²) in [6, 6.07) is 5.51. The molecule has 8 N–H and O–H groups in total. The third-order valence-electron chi connectivity index (χ3n) is 8.55. The first-order chi connectivity index (χ1) is 24.2. The average molecular weight is 744 g/mol. The molecule has 298 valence electrons. The van der Waals surface area contributed by atoms with E-state index in [0.29, 0.717) is 37.1 Å². The number of carbonyl (C=O) groups is 5. The number of hydrogen-bond acceptors (Lipinski definition) is 11. The van der Waals surface area contributed by atoms with Crippen LogP contribution in [0.2, 0.25) is 0 Å². The normalized spacial score (nSPS) is 13.6. The van der Waals surface area contributed by atoms with Crippen LogP contribution in [0.3, 0.4) is 0 Å². The van der Waals surface area contributed by atoms with Crippen molar-refractivity contribution in [2.24, 2.45) is 29.4 Å². The number of nitrogens with one attached hydrogen (secondary N) is 1. The second kappa shape index (κ2) is 24.3. The number of aliphatic hydroxyl groups is 2. The van der Waals surface area contributed by atoms with E-state index >= 15 is 0 Å². The minimum Gasteiger partial charge on any atom is -0.493 e. The van der Waals surface area contributed by atoms with Gasteiger partial charge in [0.25, 0.3) is 0 Å². The number of rotatable bonds is 24. The SMILES string of the molecule is COCCCOc1cc(C[C@@H](C[C@H](N)[C@@H](O)C[C@H](C(=O)NCCC(=O)N(C)C)C(C)C)C(C)C)ccc1OC.O=C(O)CC(O)(CC(=O)O)C(=O)O. The van der Waals surface area contributed by atoms with Crippen molar-refractivity contribution in [3.05, 3.63) is 23.8 Å². The molecule has 0 aliphatic rings. The van der Waals surface area contributed by atoms with Gasteiger partial charge < -0.3 is 55.7 Å². The van der Waals surface area contributed by atoms with Crippen molar-refractivity contribution in [1.29, 1.82) is 0 Å². The molecule has 0 saturated carbocycles. The van der Waals surface area contributed by atoms with E-state index in [0.717, 1.165) is 18.4 Å². The Morgan fingerprint density at radius 2 is 1.50 bits per heavy atom. The quantitative estimate of drug-likeness (QED) is 0.0748. The number of nitrogens with two attached hydrogens (primary N) is 1. The van der Waals surface area contributed by atoms with Crippen LogP contribution in [0, 0.1) is 23.7 Å². The molecule has 4 atom stereocenters. The first-order valence-corrected chi connectivity index (χ1v) is 17.3. The highest BCUT2D eigenvalue weighted by Crippen LogP contribution is 2.32. The molecule has 1 aromatic rings. The topological polar surface area (TPSA) is 255 Å². The highest BCUT2D eigenvalue weighted by molar-refractivity contribution is 5.88. The molecule has 0 heterocycles. The smallest absolute Gasteiger partial charge is 0.336 e. The predicted octanol–water partition coefficient (Wildman–Crippen LogP) is 2.01. The molecule has 2 amide bonds. The molecule has 0 radical (unpaired) electrons. The highest BCUT2D eigenvalue weighted by atomic mass is 16.5. The summed E-state index contributed by atoms with van der Waals surface area (Å²) < 4.78 is 16.5. The van der Waals surface area contributed by atoms with Gasteiger partial charge in [-0.05, 0) is 54.7 Å². The lowest BCUT2D eigenvalue weighted by Crippen LogP contribution is -2.43. The van der Waals surface area contributed by atoms with E-state index in [9.17, 15) is 29.1 Å². The number of carboxylic acid groups (broad SMARTS) is 3. The Balaban J connectivity index is 0.00000169. The van der Waals surface area contributed by atoms with Crippen LogP contribution >= 0.6 is 0 Å². The minimum atomic E-state index is -2.74. The summed E-state index contributed by atoms with van der Waals surface area (Å²) >= 11 is 0. The molecule has 16 nitrogen and oxygen atoms in total.